The topological polar surface area (TPSA) is 56.1 Å². The highest BCUT2D eigenvalue weighted by atomic mass is 32.2. The number of rotatable bonds is 8. The smallest absolute Gasteiger partial charge is 0.230 e. The summed E-state index contributed by atoms with van der Waals surface area (Å²) in [5, 5.41) is 3.77. The largest absolute Gasteiger partial charge is 0.496 e. The van der Waals surface area contributed by atoms with E-state index in [0.29, 0.717) is 12.3 Å². The number of aromatic nitrogens is 2. The molecule has 0 saturated heterocycles. The third kappa shape index (κ3) is 5.14. The second-order valence-electron chi connectivity index (χ2n) is 6.12. The number of carbonyl (C=O) groups is 1. The molecule has 1 amide bonds. The van der Waals surface area contributed by atoms with Gasteiger partial charge in [0.1, 0.15) is 5.75 Å². The van der Waals surface area contributed by atoms with Crippen LogP contribution in [-0.4, -0.2) is 34.9 Å². The molecule has 0 spiro atoms. The Morgan fingerprint density at radius 2 is 2.07 bits per heavy atom. The highest BCUT2D eigenvalue weighted by molar-refractivity contribution is 7.99. The second-order valence-corrected chi connectivity index (χ2v) is 7.06. The molecule has 1 heterocycles. The molecule has 27 heavy (non-hydrogen) atoms. The van der Waals surface area contributed by atoms with Crippen LogP contribution in [0, 0.1) is 6.92 Å². The van der Waals surface area contributed by atoms with E-state index in [4.69, 9.17) is 4.74 Å². The van der Waals surface area contributed by atoms with E-state index in [0.717, 1.165) is 28.6 Å². The molecular formula is C21H23N3O2S. The molecule has 0 unspecified atom stereocenters. The Morgan fingerprint density at radius 3 is 2.89 bits per heavy atom. The molecule has 0 saturated carbocycles. The minimum absolute atomic E-state index is 0.00584. The molecule has 2 aromatic carbocycles. The van der Waals surface area contributed by atoms with Crippen LogP contribution in [0.2, 0.25) is 0 Å². The zero-order chi connectivity index (χ0) is 19.1. The molecule has 1 N–H and O–H groups in total. The summed E-state index contributed by atoms with van der Waals surface area (Å²) in [4.78, 5) is 16.6. The van der Waals surface area contributed by atoms with Gasteiger partial charge in [0.2, 0.25) is 5.91 Å². The van der Waals surface area contributed by atoms with Crippen molar-refractivity contribution in [3.63, 3.8) is 0 Å². The molecule has 3 aromatic rings. The quantitative estimate of drug-likeness (QED) is 0.605. The number of methoxy groups -OCH3 is 1. The van der Waals surface area contributed by atoms with E-state index in [2.05, 4.69) is 29.4 Å². The van der Waals surface area contributed by atoms with Gasteiger partial charge in [-0.05, 0) is 42.7 Å². The number of para-hydroxylation sites is 1. The van der Waals surface area contributed by atoms with Gasteiger partial charge in [-0.25, -0.2) is 4.98 Å². The summed E-state index contributed by atoms with van der Waals surface area (Å²) in [6, 6.07) is 16.1. The van der Waals surface area contributed by atoms with Crippen LogP contribution in [0.5, 0.6) is 5.75 Å². The average Bonchev–Trinajstić information content (AvgIpc) is 3.15. The zero-order valence-electron chi connectivity index (χ0n) is 15.5. The summed E-state index contributed by atoms with van der Waals surface area (Å²) in [5.74, 6) is 1.17. The fraction of sp³-hybridized carbons (Fsp3) is 0.238. The average molecular weight is 382 g/mol. The van der Waals surface area contributed by atoms with Gasteiger partial charge in [0.15, 0.2) is 5.16 Å². The molecule has 0 atom stereocenters. The molecule has 1 aromatic heterocycles. The second kappa shape index (κ2) is 9.28. The summed E-state index contributed by atoms with van der Waals surface area (Å²) in [6.45, 7) is 2.63. The van der Waals surface area contributed by atoms with Crippen LogP contribution in [0.25, 0.3) is 5.69 Å². The Balaban J connectivity index is 1.51. The predicted octanol–water partition coefficient (Wildman–Crippen LogP) is 3.64. The molecule has 5 nitrogen and oxygen atoms in total. The van der Waals surface area contributed by atoms with Crippen molar-refractivity contribution in [1.29, 1.82) is 0 Å². The summed E-state index contributed by atoms with van der Waals surface area (Å²) in [7, 11) is 1.66. The van der Waals surface area contributed by atoms with Crippen molar-refractivity contribution in [3.8, 4) is 11.4 Å². The summed E-state index contributed by atoms with van der Waals surface area (Å²) >= 11 is 1.43. The molecule has 3 rings (SSSR count). The third-order valence-corrected chi connectivity index (χ3v) is 5.09. The van der Waals surface area contributed by atoms with Gasteiger partial charge in [-0.2, -0.15) is 0 Å². The Labute approximate surface area is 163 Å². The van der Waals surface area contributed by atoms with Crippen LogP contribution < -0.4 is 10.1 Å². The van der Waals surface area contributed by atoms with Crippen LogP contribution in [0.3, 0.4) is 0 Å². The molecule has 140 valence electrons. The Hall–Kier alpha value is -2.73. The fourth-order valence-electron chi connectivity index (χ4n) is 2.80. The monoisotopic (exact) mass is 381 g/mol. The van der Waals surface area contributed by atoms with Gasteiger partial charge in [0, 0.05) is 24.6 Å². The molecule has 0 bridgehead atoms. The zero-order valence-corrected chi connectivity index (χ0v) is 16.3. The van der Waals surface area contributed by atoms with E-state index >= 15 is 0 Å². The number of amides is 1. The van der Waals surface area contributed by atoms with Gasteiger partial charge >= 0.3 is 0 Å². The van der Waals surface area contributed by atoms with Crippen molar-refractivity contribution in [2.24, 2.45) is 0 Å². The van der Waals surface area contributed by atoms with Crippen LogP contribution in [0.4, 0.5) is 0 Å². The molecule has 0 aliphatic carbocycles. The maximum absolute atomic E-state index is 12.2. The van der Waals surface area contributed by atoms with Gasteiger partial charge in [0.25, 0.3) is 0 Å². The van der Waals surface area contributed by atoms with Crippen molar-refractivity contribution in [2.75, 3.05) is 19.4 Å². The molecule has 0 fully saturated rings. The first-order chi connectivity index (χ1) is 13.2. The van der Waals surface area contributed by atoms with E-state index in [9.17, 15) is 4.79 Å². The Bertz CT molecular complexity index is 908. The number of hydrogen-bond donors (Lipinski definition) is 1. The van der Waals surface area contributed by atoms with E-state index in [1.807, 2.05) is 47.2 Å². The van der Waals surface area contributed by atoms with Crippen molar-refractivity contribution in [1.82, 2.24) is 14.9 Å². The standard InChI is InChI=1S/C21H23N3O2S/c1-16-6-5-8-18(14-16)24-13-12-23-21(24)27-15-20(25)22-11-10-17-7-3-4-9-19(17)26-2/h3-9,12-14H,10-11,15H2,1-2H3,(H,22,25). The normalized spacial score (nSPS) is 10.6. The van der Waals surface area contributed by atoms with Gasteiger partial charge in [-0.1, -0.05) is 42.1 Å². The van der Waals surface area contributed by atoms with Crippen LogP contribution in [-0.2, 0) is 11.2 Å². The minimum atomic E-state index is -0.00584. The lowest BCUT2D eigenvalue weighted by Gasteiger charge is -2.10. The first-order valence-electron chi connectivity index (χ1n) is 8.79. The number of aryl methyl sites for hydroxylation is 1. The summed E-state index contributed by atoms with van der Waals surface area (Å²) in [5.41, 5.74) is 3.32. The lowest BCUT2D eigenvalue weighted by atomic mass is 10.1. The van der Waals surface area contributed by atoms with Gasteiger partial charge < -0.3 is 10.1 Å². The third-order valence-electron chi connectivity index (χ3n) is 4.13. The molecule has 6 heteroatoms. The van der Waals surface area contributed by atoms with E-state index < -0.39 is 0 Å². The summed E-state index contributed by atoms with van der Waals surface area (Å²) in [6.07, 6.45) is 4.40. The van der Waals surface area contributed by atoms with Crippen LogP contribution in [0.15, 0.2) is 66.1 Å². The number of thioether (sulfide) groups is 1. The number of ether oxygens (including phenoxy) is 1. The molecular weight excluding hydrogens is 358 g/mol. The van der Waals surface area contributed by atoms with Crippen molar-refractivity contribution in [2.45, 2.75) is 18.5 Å². The number of benzene rings is 2. The van der Waals surface area contributed by atoms with Crippen LogP contribution >= 0.6 is 11.8 Å². The minimum Gasteiger partial charge on any atom is -0.496 e. The van der Waals surface area contributed by atoms with E-state index in [1.54, 1.807) is 13.3 Å². The van der Waals surface area contributed by atoms with Crippen molar-refractivity contribution in [3.05, 3.63) is 72.1 Å². The fourth-order valence-corrected chi connectivity index (χ4v) is 3.60. The first-order valence-corrected chi connectivity index (χ1v) is 9.77. The van der Waals surface area contributed by atoms with Crippen molar-refractivity contribution < 1.29 is 9.53 Å². The Morgan fingerprint density at radius 1 is 1.22 bits per heavy atom. The lowest BCUT2D eigenvalue weighted by Crippen LogP contribution is -2.27. The summed E-state index contributed by atoms with van der Waals surface area (Å²) < 4.78 is 7.33. The number of nitrogens with zero attached hydrogens (tertiary/aromatic N) is 2. The number of nitrogens with one attached hydrogen (secondary N) is 1. The van der Waals surface area contributed by atoms with Gasteiger partial charge in [-0.3, -0.25) is 9.36 Å². The first kappa shape index (κ1) is 19.0. The van der Waals surface area contributed by atoms with Gasteiger partial charge in [-0.15, -0.1) is 0 Å². The number of hydrogen-bond acceptors (Lipinski definition) is 4. The van der Waals surface area contributed by atoms with Gasteiger partial charge in [0.05, 0.1) is 12.9 Å². The maximum atomic E-state index is 12.2. The van der Waals surface area contributed by atoms with E-state index in [1.165, 1.54) is 17.3 Å². The molecule has 0 radical (unpaired) electrons. The lowest BCUT2D eigenvalue weighted by molar-refractivity contribution is -0.118. The van der Waals surface area contributed by atoms with Crippen LogP contribution in [0.1, 0.15) is 11.1 Å². The predicted molar refractivity (Wildman–Crippen MR) is 109 cm³/mol. The maximum Gasteiger partial charge on any atom is 0.230 e. The van der Waals surface area contributed by atoms with Crippen molar-refractivity contribution >= 4 is 17.7 Å². The SMILES string of the molecule is COc1ccccc1CCNC(=O)CSc1nccn1-c1cccc(C)c1. The highest BCUT2D eigenvalue weighted by Crippen LogP contribution is 2.21. The Kier molecular flexibility index (Phi) is 6.54. The highest BCUT2D eigenvalue weighted by Gasteiger charge is 2.09. The van der Waals surface area contributed by atoms with E-state index in [-0.39, 0.29) is 5.91 Å². The number of imidazole rings is 1. The molecule has 0 aliphatic rings. The number of carbonyl (C=O) groups excluding carboxylic acids is 1. The molecule has 0 aliphatic heterocycles.